The first-order valence-electron chi connectivity index (χ1n) is 5.43. The Morgan fingerprint density at radius 2 is 1.94 bits per heavy atom. The number of likely N-dealkylation sites (N-methyl/N-ethyl adjacent to an activating group) is 1. The van der Waals surface area contributed by atoms with Gasteiger partial charge in [0.2, 0.25) is 0 Å². The van der Waals surface area contributed by atoms with E-state index in [9.17, 15) is 9.90 Å². The van der Waals surface area contributed by atoms with Crippen molar-refractivity contribution in [3.8, 4) is 0 Å². The van der Waals surface area contributed by atoms with Crippen molar-refractivity contribution in [1.29, 1.82) is 0 Å². The van der Waals surface area contributed by atoms with Crippen LogP contribution in [0.15, 0.2) is 21.9 Å². The van der Waals surface area contributed by atoms with Gasteiger partial charge in [-0.25, -0.2) is 5.01 Å². The van der Waals surface area contributed by atoms with E-state index in [4.69, 9.17) is 0 Å². The lowest BCUT2D eigenvalue weighted by Crippen LogP contribution is -2.30. The fourth-order valence-corrected chi connectivity index (χ4v) is 2.05. The van der Waals surface area contributed by atoms with Crippen LogP contribution in [0.3, 0.4) is 0 Å². The molecule has 2 aliphatic rings. The highest BCUT2D eigenvalue weighted by atomic mass is 16.3. The van der Waals surface area contributed by atoms with Crippen LogP contribution in [0, 0.1) is 5.92 Å². The van der Waals surface area contributed by atoms with Crippen LogP contribution in [0.4, 0.5) is 0 Å². The summed E-state index contributed by atoms with van der Waals surface area (Å²) in [6.07, 6.45) is 1.03. The average molecular weight is 236 g/mol. The molecule has 0 bridgehead atoms. The van der Waals surface area contributed by atoms with Crippen LogP contribution in [0.25, 0.3) is 0 Å². The number of amides is 1. The molecule has 2 unspecified atom stereocenters. The fourth-order valence-electron chi connectivity index (χ4n) is 2.05. The quantitative estimate of drug-likeness (QED) is 0.652. The van der Waals surface area contributed by atoms with Crippen molar-refractivity contribution in [1.82, 2.24) is 10.0 Å². The van der Waals surface area contributed by atoms with Gasteiger partial charge >= 0.3 is 0 Å². The molecule has 6 nitrogen and oxygen atoms in total. The zero-order valence-corrected chi connectivity index (χ0v) is 10.4. The van der Waals surface area contributed by atoms with E-state index in [0.717, 1.165) is 5.71 Å². The molecule has 2 rings (SSSR count). The molecule has 2 aliphatic heterocycles. The molecule has 0 radical (unpaired) electrons. The molecule has 0 fully saturated rings. The van der Waals surface area contributed by atoms with E-state index >= 15 is 0 Å². The van der Waals surface area contributed by atoms with Gasteiger partial charge in [0.15, 0.2) is 6.23 Å². The average Bonchev–Trinajstić information content (AvgIpc) is 2.62. The van der Waals surface area contributed by atoms with Crippen LogP contribution in [0.2, 0.25) is 0 Å². The van der Waals surface area contributed by atoms with Crippen molar-refractivity contribution in [2.24, 2.45) is 16.1 Å². The van der Waals surface area contributed by atoms with E-state index in [1.165, 1.54) is 10.0 Å². The Morgan fingerprint density at radius 1 is 1.29 bits per heavy atom. The molecule has 0 aromatic carbocycles. The second-order valence-corrected chi connectivity index (χ2v) is 4.35. The Bertz CT molecular complexity index is 452. The molecule has 1 amide bonds. The first kappa shape index (κ1) is 11.8. The maximum Gasteiger partial charge on any atom is 0.275 e. The van der Waals surface area contributed by atoms with E-state index in [1.54, 1.807) is 27.1 Å². The van der Waals surface area contributed by atoms with Crippen molar-refractivity contribution in [3.63, 3.8) is 0 Å². The Labute approximate surface area is 99.9 Å². The zero-order chi connectivity index (χ0) is 12.7. The minimum absolute atomic E-state index is 0.142. The van der Waals surface area contributed by atoms with Gasteiger partial charge in [-0.2, -0.15) is 10.2 Å². The van der Waals surface area contributed by atoms with E-state index in [1.807, 2.05) is 6.92 Å². The first-order chi connectivity index (χ1) is 7.91. The molecular formula is C11H16N4O2. The second kappa shape index (κ2) is 3.96. The fraction of sp³-hybridized carbons (Fsp3) is 0.545. The summed E-state index contributed by atoms with van der Waals surface area (Å²) in [5.41, 5.74) is 2.01. The monoisotopic (exact) mass is 236 g/mol. The third kappa shape index (κ3) is 1.84. The molecular weight excluding hydrogens is 220 g/mol. The number of hydrogen-bond donors (Lipinski definition) is 1. The normalized spacial score (nSPS) is 31.4. The van der Waals surface area contributed by atoms with Gasteiger partial charge in [0.05, 0.1) is 17.2 Å². The smallest absolute Gasteiger partial charge is 0.275 e. The Balaban J connectivity index is 2.30. The minimum atomic E-state index is -0.714. The summed E-state index contributed by atoms with van der Waals surface area (Å²) < 4.78 is 0. The number of aliphatic hydroxyl groups is 1. The van der Waals surface area contributed by atoms with E-state index in [-0.39, 0.29) is 11.8 Å². The zero-order valence-electron chi connectivity index (χ0n) is 10.4. The Morgan fingerprint density at radius 3 is 2.35 bits per heavy atom. The summed E-state index contributed by atoms with van der Waals surface area (Å²) >= 11 is 0. The number of nitrogens with zero attached hydrogens (tertiary/aromatic N) is 4. The molecule has 2 atom stereocenters. The van der Waals surface area contributed by atoms with E-state index in [0.29, 0.717) is 11.3 Å². The lowest BCUT2D eigenvalue weighted by molar-refractivity contribution is -0.124. The van der Waals surface area contributed by atoms with Crippen molar-refractivity contribution >= 4 is 17.3 Å². The van der Waals surface area contributed by atoms with Gasteiger partial charge in [0, 0.05) is 19.8 Å². The SMILES string of the molecule is CC1=NN(C)C(=O)/C1=C\C1C(C)=NN(C)C1O. The molecule has 1 N–H and O–H groups in total. The Hall–Kier alpha value is -1.69. The highest BCUT2D eigenvalue weighted by Crippen LogP contribution is 2.23. The highest BCUT2D eigenvalue weighted by molar-refractivity contribution is 6.24. The Kier molecular flexibility index (Phi) is 2.74. The summed E-state index contributed by atoms with van der Waals surface area (Å²) in [6, 6.07) is 0. The van der Waals surface area contributed by atoms with Crippen molar-refractivity contribution in [3.05, 3.63) is 11.6 Å². The van der Waals surface area contributed by atoms with Gasteiger partial charge in [-0.1, -0.05) is 6.08 Å². The summed E-state index contributed by atoms with van der Waals surface area (Å²) in [5.74, 6) is -0.396. The van der Waals surface area contributed by atoms with Gasteiger partial charge < -0.3 is 5.11 Å². The third-order valence-electron chi connectivity index (χ3n) is 3.06. The molecule has 0 saturated heterocycles. The topological polar surface area (TPSA) is 68.5 Å². The molecule has 2 heterocycles. The number of hydrogen-bond acceptors (Lipinski definition) is 5. The number of rotatable bonds is 1. The summed E-state index contributed by atoms with van der Waals surface area (Å²) in [7, 11) is 3.32. The molecule has 0 spiro atoms. The third-order valence-corrected chi connectivity index (χ3v) is 3.06. The maximum absolute atomic E-state index is 11.8. The van der Waals surface area contributed by atoms with Gasteiger partial charge in [-0.3, -0.25) is 9.80 Å². The molecule has 0 aromatic heterocycles. The van der Waals surface area contributed by atoms with Gasteiger partial charge in [0.1, 0.15) is 0 Å². The highest BCUT2D eigenvalue weighted by Gasteiger charge is 2.33. The number of aliphatic hydroxyl groups excluding tert-OH is 1. The maximum atomic E-state index is 11.8. The predicted molar refractivity (Wildman–Crippen MR) is 64.3 cm³/mol. The van der Waals surface area contributed by atoms with Crippen molar-refractivity contribution in [2.45, 2.75) is 20.1 Å². The first-order valence-corrected chi connectivity index (χ1v) is 5.43. The minimum Gasteiger partial charge on any atom is -0.371 e. The van der Waals surface area contributed by atoms with Gasteiger partial charge in [-0.05, 0) is 13.8 Å². The van der Waals surface area contributed by atoms with Crippen LogP contribution in [0.5, 0.6) is 0 Å². The molecule has 6 heteroatoms. The van der Waals surface area contributed by atoms with Crippen molar-refractivity contribution in [2.75, 3.05) is 14.1 Å². The summed E-state index contributed by atoms with van der Waals surface area (Å²) in [4.78, 5) is 11.8. The van der Waals surface area contributed by atoms with E-state index in [2.05, 4.69) is 10.2 Å². The second-order valence-electron chi connectivity index (χ2n) is 4.35. The standard InChI is InChI=1S/C11H16N4O2/c1-6-8(10(16)14(3)12-6)5-9-7(2)13-15(4)11(9)17/h5,8,10,16H,1-4H3/b9-5-. The lowest BCUT2D eigenvalue weighted by atomic mass is 9.98. The molecule has 92 valence electrons. The van der Waals surface area contributed by atoms with Crippen molar-refractivity contribution < 1.29 is 9.90 Å². The number of hydrazone groups is 2. The molecule has 0 aliphatic carbocycles. The number of carbonyl (C=O) groups excluding carboxylic acids is 1. The molecule has 0 aromatic rings. The van der Waals surface area contributed by atoms with Crippen LogP contribution in [-0.2, 0) is 4.79 Å². The molecule has 0 saturated carbocycles. The van der Waals surface area contributed by atoms with Gasteiger partial charge in [-0.15, -0.1) is 0 Å². The van der Waals surface area contributed by atoms with Crippen LogP contribution >= 0.6 is 0 Å². The number of carbonyl (C=O) groups is 1. The van der Waals surface area contributed by atoms with E-state index < -0.39 is 6.23 Å². The largest absolute Gasteiger partial charge is 0.371 e. The van der Waals surface area contributed by atoms with Gasteiger partial charge in [0.25, 0.3) is 5.91 Å². The van der Waals surface area contributed by atoms with Crippen LogP contribution in [-0.4, -0.2) is 52.8 Å². The van der Waals surface area contributed by atoms with Crippen LogP contribution in [0.1, 0.15) is 13.8 Å². The lowest BCUT2D eigenvalue weighted by Gasteiger charge is -2.17. The predicted octanol–water partition coefficient (Wildman–Crippen LogP) is 0.0166. The molecule has 17 heavy (non-hydrogen) atoms. The van der Waals surface area contributed by atoms with Crippen LogP contribution < -0.4 is 0 Å². The summed E-state index contributed by atoms with van der Waals surface area (Å²) in [6.45, 7) is 3.62. The summed E-state index contributed by atoms with van der Waals surface area (Å²) in [5, 5.41) is 20.9.